The molecular weight excluding hydrogens is 306 g/mol. The van der Waals surface area contributed by atoms with Crippen LogP contribution in [0.25, 0.3) is 0 Å². The van der Waals surface area contributed by atoms with Crippen LogP contribution in [0.4, 0.5) is 4.79 Å². The molecular formula is C11H14ClN3O4S. The molecule has 1 saturated heterocycles. The van der Waals surface area contributed by atoms with E-state index in [9.17, 15) is 19.2 Å². The van der Waals surface area contributed by atoms with Crippen molar-refractivity contribution < 1.29 is 19.2 Å². The number of rotatable bonds is 5. The third-order valence-electron chi connectivity index (χ3n) is 2.60. The quantitative estimate of drug-likeness (QED) is 0.449. The first kappa shape index (κ1) is 16.5. The van der Waals surface area contributed by atoms with E-state index in [0.717, 1.165) is 16.7 Å². The Hall–Kier alpha value is -1.54. The van der Waals surface area contributed by atoms with E-state index >= 15 is 0 Å². The van der Waals surface area contributed by atoms with Crippen LogP contribution in [-0.2, 0) is 14.4 Å². The van der Waals surface area contributed by atoms with Crippen LogP contribution in [0.15, 0.2) is 10.9 Å². The number of imide groups is 1. The number of thioether (sulfide) groups is 1. The highest BCUT2D eigenvalue weighted by molar-refractivity contribution is 8.03. The van der Waals surface area contributed by atoms with Crippen molar-refractivity contribution in [3.05, 3.63) is 10.9 Å². The zero-order chi connectivity index (χ0) is 15.1. The Bertz CT molecular complexity index is 443. The first-order chi connectivity index (χ1) is 9.54. The van der Waals surface area contributed by atoms with E-state index in [0.29, 0.717) is 12.8 Å². The standard InChI is InChI=1S/C11H14ClN3O4S/c1-2-14-4-5-15(10(18)9(14)17)11(19)13-8(7-16)20-6-3-12/h3,6-8H,2,4-5H2,1H3,(H,13,19). The average molecular weight is 320 g/mol. The fourth-order valence-electron chi connectivity index (χ4n) is 1.58. The molecule has 1 unspecified atom stereocenters. The number of aldehydes is 1. The molecule has 1 atom stereocenters. The molecule has 0 aromatic rings. The first-order valence-corrected chi connectivity index (χ1v) is 7.20. The van der Waals surface area contributed by atoms with Crippen molar-refractivity contribution in [2.75, 3.05) is 19.6 Å². The molecule has 9 heteroatoms. The number of halogens is 1. The fourth-order valence-corrected chi connectivity index (χ4v) is 2.22. The minimum absolute atomic E-state index is 0.103. The Morgan fingerprint density at radius 3 is 2.70 bits per heavy atom. The highest BCUT2D eigenvalue weighted by Crippen LogP contribution is 2.10. The third-order valence-corrected chi connectivity index (χ3v) is 3.69. The lowest BCUT2D eigenvalue weighted by molar-refractivity contribution is -0.153. The molecule has 1 rings (SSSR count). The van der Waals surface area contributed by atoms with Crippen molar-refractivity contribution in [1.82, 2.24) is 15.1 Å². The fraction of sp³-hybridized carbons (Fsp3) is 0.455. The van der Waals surface area contributed by atoms with Crippen LogP contribution in [0, 0.1) is 0 Å². The summed E-state index contributed by atoms with van der Waals surface area (Å²) in [6.07, 6.45) is 0.508. The molecule has 1 aliphatic rings. The highest BCUT2D eigenvalue weighted by Gasteiger charge is 2.35. The van der Waals surface area contributed by atoms with Gasteiger partial charge in [-0.2, -0.15) is 0 Å². The molecule has 1 heterocycles. The van der Waals surface area contributed by atoms with Crippen molar-refractivity contribution in [2.24, 2.45) is 0 Å². The van der Waals surface area contributed by atoms with Gasteiger partial charge in [-0.05, 0) is 12.3 Å². The van der Waals surface area contributed by atoms with Crippen LogP contribution >= 0.6 is 23.4 Å². The van der Waals surface area contributed by atoms with Gasteiger partial charge in [0.15, 0.2) is 6.29 Å². The maximum atomic E-state index is 11.9. The zero-order valence-corrected chi connectivity index (χ0v) is 12.3. The van der Waals surface area contributed by atoms with Crippen molar-refractivity contribution in [3.8, 4) is 0 Å². The summed E-state index contributed by atoms with van der Waals surface area (Å²) in [5.41, 5.74) is 1.20. The lowest BCUT2D eigenvalue weighted by Crippen LogP contribution is -2.59. The smallest absolute Gasteiger partial charge is 0.325 e. The number of urea groups is 1. The van der Waals surface area contributed by atoms with Gasteiger partial charge >= 0.3 is 17.8 Å². The molecule has 1 aliphatic heterocycles. The summed E-state index contributed by atoms with van der Waals surface area (Å²) >= 11 is 6.29. The van der Waals surface area contributed by atoms with E-state index in [-0.39, 0.29) is 13.1 Å². The minimum atomic E-state index is -0.891. The van der Waals surface area contributed by atoms with Gasteiger partial charge in [0.05, 0.1) is 0 Å². The second-order valence-corrected chi connectivity index (χ2v) is 5.05. The molecule has 0 aromatic carbocycles. The van der Waals surface area contributed by atoms with Crippen molar-refractivity contribution in [3.63, 3.8) is 0 Å². The normalized spacial score (nSPS) is 17.5. The molecule has 7 nitrogen and oxygen atoms in total. The Morgan fingerprint density at radius 2 is 2.15 bits per heavy atom. The van der Waals surface area contributed by atoms with E-state index in [2.05, 4.69) is 5.32 Å². The second kappa shape index (κ2) is 7.91. The van der Waals surface area contributed by atoms with Gasteiger partial charge in [0.2, 0.25) is 0 Å². The zero-order valence-electron chi connectivity index (χ0n) is 10.7. The van der Waals surface area contributed by atoms with Gasteiger partial charge in [-0.25, -0.2) is 4.79 Å². The monoisotopic (exact) mass is 319 g/mol. The molecule has 0 saturated carbocycles. The van der Waals surface area contributed by atoms with Crippen LogP contribution in [-0.4, -0.2) is 58.9 Å². The highest BCUT2D eigenvalue weighted by atomic mass is 35.5. The molecule has 0 aromatic heterocycles. The number of hydrogen-bond donors (Lipinski definition) is 1. The third kappa shape index (κ3) is 3.97. The van der Waals surface area contributed by atoms with Crippen LogP contribution in [0.2, 0.25) is 0 Å². The predicted molar refractivity (Wildman–Crippen MR) is 74.9 cm³/mol. The molecule has 20 heavy (non-hydrogen) atoms. The van der Waals surface area contributed by atoms with E-state index in [1.54, 1.807) is 6.92 Å². The molecule has 4 amide bonds. The molecule has 0 spiro atoms. The van der Waals surface area contributed by atoms with Gasteiger partial charge < -0.3 is 15.0 Å². The SMILES string of the molecule is CCN1CCN(C(=O)NC(C=O)SC=CCl)C(=O)C1=O. The van der Waals surface area contributed by atoms with Gasteiger partial charge in [0, 0.05) is 25.2 Å². The maximum absolute atomic E-state index is 11.9. The first-order valence-electron chi connectivity index (χ1n) is 5.82. The number of amides is 4. The van der Waals surface area contributed by atoms with E-state index < -0.39 is 23.2 Å². The number of likely N-dealkylation sites (N-methyl/N-ethyl adjacent to an activating group) is 1. The van der Waals surface area contributed by atoms with Crippen molar-refractivity contribution in [1.29, 1.82) is 0 Å². The largest absolute Gasteiger partial charge is 0.333 e. The number of nitrogens with zero attached hydrogens (tertiary/aromatic N) is 2. The summed E-state index contributed by atoms with van der Waals surface area (Å²) in [6.45, 7) is 2.55. The summed E-state index contributed by atoms with van der Waals surface area (Å²) in [6, 6.07) is -0.772. The Kier molecular flexibility index (Phi) is 6.53. The van der Waals surface area contributed by atoms with Crippen molar-refractivity contribution >= 4 is 47.5 Å². The molecule has 0 radical (unpaired) electrons. The Morgan fingerprint density at radius 1 is 1.45 bits per heavy atom. The average Bonchev–Trinajstić information content (AvgIpc) is 2.45. The summed E-state index contributed by atoms with van der Waals surface area (Å²) in [5, 5.41) is 2.88. The Balaban J connectivity index is 2.65. The van der Waals surface area contributed by atoms with E-state index in [1.165, 1.54) is 15.8 Å². The summed E-state index contributed by atoms with van der Waals surface area (Å²) < 4.78 is 0. The molecule has 1 N–H and O–H groups in total. The predicted octanol–water partition coefficient (Wildman–Crippen LogP) is 0.355. The lowest BCUT2D eigenvalue weighted by Gasteiger charge is -2.32. The van der Waals surface area contributed by atoms with Gasteiger partial charge in [-0.3, -0.25) is 14.5 Å². The second-order valence-electron chi connectivity index (χ2n) is 3.75. The number of piperazine rings is 1. The van der Waals surface area contributed by atoms with Gasteiger partial charge in [0.1, 0.15) is 5.37 Å². The van der Waals surface area contributed by atoms with Gasteiger partial charge in [-0.15, -0.1) is 11.8 Å². The number of nitrogens with one attached hydrogen (secondary N) is 1. The number of carbonyl (C=O) groups is 4. The van der Waals surface area contributed by atoms with E-state index in [4.69, 9.17) is 11.6 Å². The lowest BCUT2D eigenvalue weighted by atomic mass is 10.3. The molecule has 1 fully saturated rings. The van der Waals surface area contributed by atoms with Crippen LogP contribution in [0.3, 0.4) is 0 Å². The van der Waals surface area contributed by atoms with Crippen LogP contribution in [0.1, 0.15) is 6.92 Å². The molecule has 0 bridgehead atoms. The summed E-state index contributed by atoms with van der Waals surface area (Å²) in [5.74, 6) is -1.61. The number of hydrogen-bond acceptors (Lipinski definition) is 5. The van der Waals surface area contributed by atoms with Crippen LogP contribution < -0.4 is 5.32 Å². The van der Waals surface area contributed by atoms with Crippen molar-refractivity contribution in [2.45, 2.75) is 12.3 Å². The summed E-state index contributed by atoms with van der Waals surface area (Å²) in [4.78, 5) is 48.2. The van der Waals surface area contributed by atoms with Gasteiger partial charge in [-0.1, -0.05) is 11.6 Å². The van der Waals surface area contributed by atoms with E-state index in [1.807, 2.05) is 0 Å². The Labute approximate surface area is 125 Å². The maximum Gasteiger partial charge on any atom is 0.325 e. The topological polar surface area (TPSA) is 86.8 Å². The summed E-state index contributed by atoms with van der Waals surface area (Å²) in [7, 11) is 0. The molecule has 0 aliphatic carbocycles. The molecule has 110 valence electrons. The van der Waals surface area contributed by atoms with Gasteiger partial charge in [0.25, 0.3) is 0 Å². The van der Waals surface area contributed by atoms with Crippen LogP contribution in [0.5, 0.6) is 0 Å². The number of carbonyl (C=O) groups excluding carboxylic acids is 4. The minimum Gasteiger partial charge on any atom is -0.333 e.